The molecule has 4 aromatic carbocycles. The quantitative estimate of drug-likeness (QED) is 0.113. The van der Waals surface area contributed by atoms with E-state index >= 15 is 8.42 Å². The van der Waals surface area contributed by atoms with Crippen molar-refractivity contribution in [2.75, 3.05) is 27.1 Å². The van der Waals surface area contributed by atoms with Crippen molar-refractivity contribution in [2.24, 2.45) is 0 Å². The number of aromatic nitrogens is 4. The van der Waals surface area contributed by atoms with Gasteiger partial charge in [0, 0.05) is 22.7 Å². The van der Waals surface area contributed by atoms with Crippen LogP contribution in [0.15, 0.2) is 94.7 Å². The second kappa shape index (κ2) is 18.2. The van der Waals surface area contributed by atoms with Crippen LogP contribution in [0.25, 0.3) is 11.4 Å². The molecule has 5 rings (SSSR count). The summed E-state index contributed by atoms with van der Waals surface area (Å²) in [5.41, 5.74) is 1.17. The zero-order chi connectivity index (χ0) is 41.5. The maximum absolute atomic E-state index is 15.4. The lowest BCUT2D eigenvalue weighted by atomic mass is 10.2. The average Bonchev–Trinajstić information content (AvgIpc) is 3.61. The van der Waals surface area contributed by atoms with E-state index in [9.17, 15) is 13.2 Å². The van der Waals surface area contributed by atoms with Crippen LogP contribution in [0.1, 0.15) is 44.4 Å². The van der Waals surface area contributed by atoms with Crippen LogP contribution in [0, 0.1) is 3.57 Å². The van der Waals surface area contributed by atoms with Crippen molar-refractivity contribution >= 4 is 48.5 Å². The Hall–Kier alpha value is -4.79. The van der Waals surface area contributed by atoms with Crippen molar-refractivity contribution < 1.29 is 40.6 Å². The molecule has 5 aromatic rings. The first-order chi connectivity index (χ1) is 26.9. The highest BCUT2D eigenvalue weighted by Gasteiger charge is 2.38. The summed E-state index contributed by atoms with van der Waals surface area (Å²) in [6.45, 7) is 6.45. The molecule has 1 atom stereocenters. The number of sulfonamides is 1. The third kappa shape index (κ3) is 11.2. The van der Waals surface area contributed by atoms with E-state index in [1.165, 1.54) is 42.4 Å². The van der Waals surface area contributed by atoms with Gasteiger partial charge in [-0.05, 0) is 121 Å². The van der Waals surface area contributed by atoms with Crippen molar-refractivity contribution in [3.63, 3.8) is 0 Å². The number of tetrazole rings is 1. The fourth-order valence-electron chi connectivity index (χ4n) is 5.75. The van der Waals surface area contributed by atoms with Gasteiger partial charge in [0.15, 0.2) is 9.84 Å². The maximum Gasteiger partial charge on any atom is 0.407 e. The molecule has 1 heterocycles. The van der Waals surface area contributed by atoms with Crippen LogP contribution in [0.4, 0.5) is 4.79 Å². The Balaban J connectivity index is 1.66. The summed E-state index contributed by atoms with van der Waals surface area (Å²) in [5, 5.41) is 15.6. The van der Waals surface area contributed by atoms with Gasteiger partial charge >= 0.3 is 6.09 Å². The fourth-order valence-corrected chi connectivity index (χ4v) is 10.6. The molecule has 1 unspecified atom stereocenters. The Morgan fingerprint density at radius 2 is 1.28 bits per heavy atom. The van der Waals surface area contributed by atoms with Crippen molar-refractivity contribution in [3.8, 4) is 28.6 Å². The topological polar surface area (TPSA) is 181 Å². The number of carbonyl (C=O) groups is 1. The average molecular weight is 933 g/mol. The van der Waals surface area contributed by atoms with Gasteiger partial charge in [0.25, 0.3) is 0 Å². The largest absolute Gasteiger partial charge is 0.497 e. The summed E-state index contributed by atoms with van der Waals surface area (Å²) in [6, 6.07) is 22.8. The maximum atomic E-state index is 15.4. The molecule has 1 N–H and O–H groups in total. The van der Waals surface area contributed by atoms with Gasteiger partial charge in [-0.2, -0.15) is 9.10 Å². The SMILES string of the molecule is COc1ccc(CN(Cc2ccc(OC)cc2)S(=O)(=O)c2c(S(=O)(=O)CC(C)NC(=O)OC(C)(C)C)ccc(I)c2-c2nnn(Cc3ccc(OC)cc3)n2)cc1. The molecule has 18 heteroatoms. The molecule has 57 heavy (non-hydrogen) atoms. The van der Waals surface area contributed by atoms with E-state index in [2.05, 4.69) is 20.7 Å². The molecule has 304 valence electrons. The van der Waals surface area contributed by atoms with Crippen LogP contribution in [0.2, 0.25) is 0 Å². The van der Waals surface area contributed by atoms with Crippen molar-refractivity contribution in [1.29, 1.82) is 0 Å². The van der Waals surface area contributed by atoms with Gasteiger partial charge in [0.2, 0.25) is 15.8 Å². The Bertz CT molecular complexity index is 2340. The molecule has 0 bridgehead atoms. The van der Waals surface area contributed by atoms with E-state index in [0.717, 1.165) is 5.56 Å². The number of sulfone groups is 1. The molecular weight excluding hydrogens is 887 g/mol. The Kier molecular flexibility index (Phi) is 13.8. The van der Waals surface area contributed by atoms with Gasteiger partial charge in [-0.3, -0.25) is 0 Å². The van der Waals surface area contributed by atoms with E-state index < -0.39 is 53.1 Å². The first-order valence-corrected chi connectivity index (χ1v) is 21.8. The highest BCUT2D eigenvalue weighted by molar-refractivity contribution is 14.1. The predicted octanol–water partition coefficient (Wildman–Crippen LogP) is 6.10. The number of halogens is 1. The molecule has 0 spiro atoms. The van der Waals surface area contributed by atoms with E-state index in [1.807, 2.05) is 34.7 Å². The summed E-state index contributed by atoms with van der Waals surface area (Å²) in [6.07, 6.45) is -0.816. The smallest absolute Gasteiger partial charge is 0.407 e. The summed E-state index contributed by atoms with van der Waals surface area (Å²) in [5.74, 6) is 1.07. The summed E-state index contributed by atoms with van der Waals surface area (Å²) >= 11 is 1.95. The molecule has 15 nitrogen and oxygen atoms in total. The number of rotatable bonds is 16. The normalized spacial score (nSPS) is 12.6. The summed E-state index contributed by atoms with van der Waals surface area (Å²) in [7, 11) is -4.58. The number of amides is 1. The van der Waals surface area contributed by atoms with Gasteiger partial charge in [-0.15, -0.1) is 10.2 Å². The number of nitrogens with zero attached hydrogens (tertiary/aromatic N) is 5. The first-order valence-electron chi connectivity index (χ1n) is 17.6. The molecule has 1 aromatic heterocycles. The Morgan fingerprint density at radius 1 is 0.789 bits per heavy atom. The molecule has 0 radical (unpaired) electrons. The standard InChI is InChI=1S/C39H45IN6O9S2/c1-26(41-38(47)55-39(2,3)4)25-56(48,49)34-21-20-33(40)35(37-42-44-46(43-37)24-29-12-18-32(54-7)19-13-29)36(34)57(50,51)45(22-27-8-14-30(52-5)15-9-27)23-28-10-16-31(53-6)17-11-28/h8-21,26H,22-25H2,1-7H3,(H,41,47). The minimum Gasteiger partial charge on any atom is -0.497 e. The molecular formula is C39H45IN6O9S2. The molecule has 0 aliphatic heterocycles. The first kappa shape index (κ1) is 43.3. The molecule has 0 aliphatic carbocycles. The van der Waals surface area contributed by atoms with E-state index in [1.54, 1.807) is 88.5 Å². The number of benzene rings is 4. The van der Waals surface area contributed by atoms with Crippen LogP contribution in [-0.2, 0) is 44.2 Å². The minimum atomic E-state index is -4.74. The van der Waals surface area contributed by atoms with Gasteiger partial charge in [-0.1, -0.05) is 36.4 Å². The number of carbonyl (C=O) groups excluding carboxylic acids is 1. The lowest BCUT2D eigenvalue weighted by Crippen LogP contribution is -2.41. The van der Waals surface area contributed by atoms with Gasteiger partial charge in [-0.25, -0.2) is 21.6 Å². The second-order valence-corrected chi connectivity index (χ2v) is 19.1. The molecule has 1 amide bonds. The van der Waals surface area contributed by atoms with Crippen LogP contribution >= 0.6 is 22.6 Å². The Morgan fingerprint density at radius 3 is 1.75 bits per heavy atom. The van der Waals surface area contributed by atoms with Crippen LogP contribution in [-0.4, -0.2) is 86.2 Å². The van der Waals surface area contributed by atoms with E-state index in [-0.39, 0.29) is 31.0 Å². The number of hydrogen-bond acceptors (Lipinski definition) is 12. The van der Waals surface area contributed by atoms with Crippen molar-refractivity contribution in [1.82, 2.24) is 29.8 Å². The van der Waals surface area contributed by atoms with E-state index in [4.69, 9.17) is 18.9 Å². The van der Waals surface area contributed by atoms with Crippen molar-refractivity contribution in [2.45, 2.75) is 68.8 Å². The molecule has 0 fully saturated rings. The number of hydrogen-bond donors (Lipinski definition) is 1. The second-order valence-electron chi connectivity index (χ2n) is 14.0. The highest BCUT2D eigenvalue weighted by Crippen LogP contribution is 2.38. The van der Waals surface area contributed by atoms with E-state index in [0.29, 0.717) is 31.9 Å². The monoisotopic (exact) mass is 932 g/mol. The summed E-state index contributed by atoms with van der Waals surface area (Å²) in [4.78, 5) is 12.9. The van der Waals surface area contributed by atoms with Gasteiger partial charge in [0.1, 0.15) is 27.7 Å². The third-order valence-electron chi connectivity index (χ3n) is 8.43. The fraction of sp³-hybridized carbons (Fsp3) is 0.333. The number of alkyl carbamates (subject to hydrolysis) is 1. The summed E-state index contributed by atoms with van der Waals surface area (Å²) < 4.78 is 82.5. The number of nitrogens with one attached hydrogen (secondary N) is 1. The van der Waals surface area contributed by atoms with Gasteiger partial charge < -0.3 is 24.3 Å². The lowest BCUT2D eigenvalue weighted by molar-refractivity contribution is 0.0513. The molecule has 0 aliphatic rings. The van der Waals surface area contributed by atoms with Crippen LogP contribution in [0.3, 0.4) is 0 Å². The molecule has 0 saturated heterocycles. The Labute approximate surface area is 346 Å². The van der Waals surface area contributed by atoms with Crippen LogP contribution in [0.5, 0.6) is 17.2 Å². The third-order valence-corrected chi connectivity index (χ3v) is 13.3. The zero-order valence-electron chi connectivity index (χ0n) is 32.6. The van der Waals surface area contributed by atoms with Crippen molar-refractivity contribution in [3.05, 3.63) is 105 Å². The number of ether oxygens (including phenoxy) is 4. The number of methoxy groups -OCH3 is 3. The molecule has 0 saturated carbocycles. The van der Waals surface area contributed by atoms with Crippen LogP contribution < -0.4 is 19.5 Å². The predicted molar refractivity (Wildman–Crippen MR) is 221 cm³/mol. The lowest BCUT2D eigenvalue weighted by Gasteiger charge is -2.26. The zero-order valence-corrected chi connectivity index (χ0v) is 36.4. The van der Waals surface area contributed by atoms with Gasteiger partial charge in [0.05, 0.1) is 44.1 Å². The minimum absolute atomic E-state index is 0.0418. The highest BCUT2D eigenvalue weighted by atomic mass is 127.